The first-order chi connectivity index (χ1) is 6.31. The highest BCUT2D eigenvalue weighted by atomic mass is 32.1. The van der Waals surface area contributed by atoms with Crippen molar-refractivity contribution in [3.8, 4) is 24.7 Å². The molecule has 0 aromatic carbocycles. The van der Waals surface area contributed by atoms with Gasteiger partial charge >= 0.3 is 0 Å². The van der Waals surface area contributed by atoms with Crippen LogP contribution < -0.4 is 0 Å². The Labute approximate surface area is 84.0 Å². The van der Waals surface area contributed by atoms with E-state index >= 15 is 0 Å². The van der Waals surface area contributed by atoms with Gasteiger partial charge in [0.2, 0.25) is 0 Å². The smallest absolute Gasteiger partial charge is 0.0811 e. The fraction of sp³-hybridized carbons (Fsp3) is 0.333. The first kappa shape index (κ1) is 9.90. The molecule has 0 unspecified atom stereocenters. The molecule has 1 aromatic heterocycles. The molecule has 0 radical (unpaired) electrons. The Balaban J connectivity index is 2.87. The molecule has 1 aromatic rings. The van der Waals surface area contributed by atoms with E-state index < -0.39 is 0 Å². The van der Waals surface area contributed by atoms with Gasteiger partial charge in [-0.15, -0.1) is 24.2 Å². The number of unbranched alkanes of at least 4 members (excludes halogenated alkanes) is 1. The lowest BCUT2D eigenvalue weighted by molar-refractivity contribution is 0.796. The minimum Gasteiger partial charge on any atom is -0.118 e. The van der Waals surface area contributed by atoms with Gasteiger partial charge in [0.25, 0.3) is 0 Å². The van der Waals surface area contributed by atoms with Crippen molar-refractivity contribution in [3.05, 3.63) is 21.4 Å². The minimum atomic E-state index is 0.944. The third-order valence-corrected chi connectivity index (χ3v) is 2.92. The first-order valence-corrected chi connectivity index (χ1v) is 5.19. The number of thiophene rings is 1. The summed E-state index contributed by atoms with van der Waals surface area (Å²) in [5.41, 5.74) is 1.24. The van der Waals surface area contributed by atoms with Gasteiger partial charge in [-0.05, 0) is 24.5 Å². The highest BCUT2D eigenvalue weighted by Gasteiger charge is 2.04. The molecular weight excluding hydrogens is 176 g/mol. The van der Waals surface area contributed by atoms with Crippen LogP contribution in [0.1, 0.15) is 35.1 Å². The number of hydrogen-bond donors (Lipinski definition) is 0. The number of hydrogen-bond acceptors (Lipinski definition) is 1. The molecule has 0 amide bonds. The molecule has 0 aliphatic heterocycles. The molecule has 0 spiro atoms. The molecule has 13 heavy (non-hydrogen) atoms. The predicted octanol–water partition coefficient (Wildman–Crippen LogP) is 3.05. The zero-order chi connectivity index (χ0) is 9.68. The molecule has 1 rings (SSSR count). The van der Waals surface area contributed by atoms with Crippen LogP contribution in [0.5, 0.6) is 0 Å². The van der Waals surface area contributed by atoms with Gasteiger partial charge in [0.15, 0.2) is 0 Å². The van der Waals surface area contributed by atoms with Crippen LogP contribution in [0, 0.1) is 24.7 Å². The molecule has 66 valence electrons. The van der Waals surface area contributed by atoms with Gasteiger partial charge in [-0.3, -0.25) is 0 Å². The number of terminal acetylenes is 2. The van der Waals surface area contributed by atoms with Gasteiger partial charge < -0.3 is 0 Å². The molecule has 0 N–H and O–H groups in total. The molecule has 0 aliphatic carbocycles. The number of aryl methyl sites for hydroxylation is 1. The fourth-order valence-electron chi connectivity index (χ4n) is 1.17. The van der Waals surface area contributed by atoms with Crippen molar-refractivity contribution in [3.63, 3.8) is 0 Å². The fourth-order valence-corrected chi connectivity index (χ4v) is 2.01. The van der Waals surface area contributed by atoms with E-state index in [0.717, 1.165) is 16.2 Å². The maximum absolute atomic E-state index is 5.38. The van der Waals surface area contributed by atoms with Crippen LogP contribution in [0.4, 0.5) is 0 Å². The summed E-state index contributed by atoms with van der Waals surface area (Å²) in [6.45, 7) is 2.17. The highest BCUT2D eigenvalue weighted by molar-refractivity contribution is 7.13. The van der Waals surface area contributed by atoms with Crippen LogP contribution in [0.3, 0.4) is 0 Å². The van der Waals surface area contributed by atoms with E-state index in [-0.39, 0.29) is 0 Å². The van der Waals surface area contributed by atoms with Gasteiger partial charge in [0, 0.05) is 0 Å². The van der Waals surface area contributed by atoms with E-state index in [1.807, 2.05) is 6.07 Å². The van der Waals surface area contributed by atoms with Crippen molar-refractivity contribution in [2.24, 2.45) is 0 Å². The van der Waals surface area contributed by atoms with E-state index in [0.29, 0.717) is 0 Å². The SMILES string of the molecule is C#Cc1cc(CCCC)c(C#C)s1. The second kappa shape index (κ2) is 4.75. The topological polar surface area (TPSA) is 0 Å². The maximum Gasteiger partial charge on any atom is 0.0811 e. The lowest BCUT2D eigenvalue weighted by Gasteiger charge is -1.94. The lowest BCUT2D eigenvalue weighted by atomic mass is 10.1. The average molecular weight is 188 g/mol. The van der Waals surface area contributed by atoms with Crippen molar-refractivity contribution in [1.82, 2.24) is 0 Å². The molecule has 1 heterocycles. The van der Waals surface area contributed by atoms with Crippen molar-refractivity contribution in [2.45, 2.75) is 26.2 Å². The Kier molecular flexibility index (Phi) is 3.62. The second-order valence-electron chi connectivity index (χ2n) is 2.86. The summed E-state index contributed by atoms with van der Waals surface area (Å²) in [6.07, 6.45) is 14.1. The third-order valence-electron chi connectivity index (χ3n) is 1.88. The normalized spacial score (nSPS) is 9.15. The van der Waals surface area contributed by atoms with Crippen LogP contribution >= 0.6 is 11.3 Å². The molecule has 0 saturated heterocycles. The minimum absolute atomic E-state index is 0.944. The summed E-state index contributed by atoms with van der Waals surface area (Å²) in [6, 6.07) is 2.04. The van der Waals surface area contributed by atoms with E-state index in [4.69, 9.17) is 12.8 Å². The predicted molar refractivity (Wildman–Crippen MR) is 58.8 cm³/mol. The Morgan fingerprint density at radius 2 is 2.15 bits per heavy atom. The zero-order valence-electron chi connectivity index (χ0n) is 7.76. The average Bonchev–Trinajstić information content (AvgIpc) is 2.57. The third kappa shape index (κ3) is 2.38. The summed E-state index contributed by atoms with van der Waals surface area (Å²) in [5, 5.41) is 0. The van der Waals surface area contributed by atoms with Gasteiger partial charge in [-0.1, -0.05) is 25.2 Å². The van der Waals surface area contributed by atoms with E-state index in [9.17, 15) is 0 Å². The molecule has 1 heteroatoms. The van der Waals surface area contributed by atoms with Crippen molar-refractivity contribution in [2.75, 3.05) is 0 Å². The Morgan fingerprint density at radius 3 is 2.69 bits per heavy atom. The van der Waals surface area contributed by atoms with E-state index in [1.54, 1.807) is 0 Å². The van der Waals surface area contributed by atoms with Gasteiger partial charge in [0.1, 0.15) is 0 Å². The summed E-state index contributed by atoms with van der Waals surface area (Å²) in [4.78, 5) is 1.94. The second-order valence-corrected chi connectivity index (χ2v) is 3.91. The molecule has 0 bridgehead atoms. The molecule has 0 aliphatic rings. The molecule has 0 nitrogen and oxygen atoms in total. The molecule has 0 saturated carbocycles. The zero-order valence-corrected chi connectivity index (χ0v) is 8.58. The van der Waals surface area contributed by atoms with Crippen molar-refractivity contribution < 1.29 is 0 Å². The van der Waals surface area contributed by atoms with E-state index in [1.165, 1.54) is 29.7 Å². The highest BCUT2D eigenvalue weighted by Crippen LogP contribution is 2.22. The molecular formula is C12H12S. The summed E-state index contributed by atoms with van der Waals surface area (Å²) in [5.74, 6) is 5.30. The van der Waals surface area contributed by atoms with E-state index in [2.05, 4.69) is 18.8 Å². The van der Waals surface area contributed by atoms with Crippen LogP contribution in [-0.4, -0.2) is 0 Å². The van der Waals surface area contributed by atoms with Crippen LogP contribution in [0.15, 0.2) is 6.07 Å². The summed E-state index contributed by atoms with van der Waals surface area (Å²) < 4.78 is 0. The van der Waals surface area contributed by atoms with Gasteiger partial charge in [-0.2, -0.15) is 0 Å². The monoisotopic (exact) mass is 188 g/mol. The van der Waals surface area contributed by atoms with Crippen molar-refractivity contribution in [1.29, 1.82) is 0 Å². The van der Waals surface area contributed by atoms with Crippen LogP contribution in [0.2, 0.25) is 0 Å². The Hall–Kier alpha value is -1.18. The maximum atomic E-state index is 5.38. The Morgan fingerprint density at radius 1 is 1.38 bits per heavy atom. The standard InChI is InChI=1S/C12H12S/c1-4-7-8-10-9-11(5-2)13-12(10)6-3/h2-3,9H,4,7-8H2,1H3. The largest absolute Gasteiger partial charge is 0.118 e. The van der Waals surface area contributed by atoms with Crippen LogP contribution in [-0.2, 0) is 6.42 Å². The lowest BCUT2D eigenvalue weighted by Crippen LogP contribution is -1.83. The molecule has 0 fully saturated rings. The van der Waals surface area contributed by atoms with Gasteiger partial charge in [0.05, 0.1) is 9.75 Å². The molecule has 0 atom stereocenters. The van der Waals surface area contributed by atoms with Gasteiger partial charge in [-0.25, -0.2) is 0 Å². The Bertz CT molecular complexity index is 357. The quantitative estimate of drug-likeness (QED) is 0.639. The van der Waals surface area contributed by atoms with Crippen molar-refractivity contribution >= 4 is 11.3 Å². The summed E-state index contributed by atoms with van der Waals surface area (Å²) >= 11 is 1.54. The summed E-state index contributed by atoms with van der Waals surface area (Å²) in [7, 11) is 0. The number of rotatable bonds is 3. The first-order valence-electron chi connectivity index (χ1n) is 4.37. The van der Waals surface area contributed by atoms with Crippen LogP contribution in [0.25, 0.3) is 0 Å².